The van der Waals surface area contributed by atoms with E-state index in [1.165, 1.54) is 55.8 Å². The highest BCUT2D eigenvalue weighted by molar-refractivity contribution is 7.99. The minimum Gasteiger partial charge on any atom is -0.494 e. The number of nitriles is 1. The van der Waals surface area contributed by atoms with Crippen LogP contribution >= 0.6 is 11.8 Å². The van der Waals surface area contributed by atoms with E-state index >= 15 is 0 Å². The summed E-state index contributed by atoms with van der Waals surface area (Å²) in [5.41, 5.74) is 1.65. The normalized spacial score (nSPS) is 20.0. The van der Waals surface area contributed by atoms with Crippen molar-refractivity contribution < 1.29 is 4.74 Å². The zero-order valence-electron chi connectivity index (χ0n) is 15.7. The van der Waals surface area contributed by atoms with E-state index in [2.05, 4.69) is 46.2 Å². The average molecular weight is 374 g/mol. The van der Waals surface area contributed by atoms with Crippen LogP contribution in [0.5, 0.6) is 5.75 Å². The molecule has 5 heteroatoms. The summed E-state index contributed by atoms with van der Waals surface area (Å²) in [4.78, 5) is 2.76. The van der Waals surface area contributed by atoms with Crippen LogP contribution in [0.25, 0.3) is 0 Å². The molecule has 142 valence electrons. The first-order chi connectivity index (χ1) is 12.8. The summed E-state index contributed by atoms with van der Waals surface area (Å²) in [7, 11) is 0. The minimum absolute atomic E-state index is 0.381. The third-order valence-electron chi connectivity index (χ3n) is 5.60. The molecule has 1 aliphatic heterocycles. The van der Waals surface area contributed by atoms with Gasteiger partial charge in [0.05, 0.1) is 12.7 Å². The molecule has 0 amide bonds. The van der Waals surface area contributed by atoms with Crippen molar-refractivity contribution in [3.05, 3.63) is 29.8 Å². The van der Waals surface area contributed by atoms with Gasteiger partial charge in [0.25, 0.3) is 0 Å². The Morgan fingerprint density at radius 1 is 1.23 bits per heavy atom. The molecule has 1 aromatic carbocycles. The van der Waals surface area contributed by atoms with Gasteiger partial charge in [0, 0.05) is 49.6 Å². The third-order valence-corrected chi connectivity index (χ3v) is 6.54. The molecule has 0 aromatic heterocycles. The fraction of sp³-hybridized carbons (Fsp3) is 0.667. The number of nitrogens with zero attached hydrogens (tertiary/aromatic N) is 2. The summed E-state index contributed by atoms with van der Waals surface area (Å²) in [5, 5.41) is 12.3. The molecule has 4 nitrogen and oxygen atoms in total. The lowest BCUT2D eigenvalue weighted by atomic mass is 9.94. The molecular formula is C21H31N3OS. The second-order valence-electron chi connectivity index (χ2n) is 7.39. The molecule has 0 spiro atoms. The quantitative estimate of drug-likeness (QED) is 0.667. The zero-order chi connectivity index (χ0) is 18.1. The molecule has 2 aliphatic rings. The first-order valence-electron chi connectivity index (χ1n) is 9.95. The average Bonchev–Trinajstić information content (AvgIpc) is 3.16. The van der Waals surface area contributed by atoms with Crippen molar-refractivity contribution in [2.24, 2.45) is 0 Å². The first-order valence-corrected chi connectivity index (χ1v) is 11.1. The van der Waals surface area contributed by atoms with Gasteiger partial charge in [-0.05, 0) is 37.0 Å². The molecular weight excluding hydrogens is 342 g/mol. The van der Waals surface area contributed by atoms with E-state index in [0.717, 1.165) is 25.3 Å². The molecule has 1 aromatic rings. The summed E-state index contributed by atoms with van der Waals surface area (Å²) in [5.74, 6) is 3.48. The molecule has 0 bridgehead atoms. The van der Waals surface area contributed by atoms with Crippen molar-refractivity contribution in [1.29, 1.82) is 5.26 Å². The number of benzene rings is 1. The van der Waals surface area contributed by atoms with Gasteiger partial charge in [0.15, 0.2) is 0 Å². The van der Waals surface area contributed by atoms with E-state index in [4.69, 9.17) is 10.00 Å². The van der Waals surface area contributed by atoms with Crippen molar-refractivity contribution in [3.63, 3.8) is 0 Å². The molecule has 1 saturated carbocycles. The van der Waals surface area contributed by atoms with Gasteiger partial charge in [0.1, 0.15) is 5.75 Å². The van der Waals surface area contributed by atoms with Gasteiger partial charge in [-0.3, -0.25) is 4.90 Å². The number of hydrogen-bond donors (Lipinski definition) is 1. The molecule has 1 N–H and O–H groups in total. The smallest absolute Gasteiger partial charge is 0.119 e. The standard InChI is InChI=1S/C21H31N3OS/c22-10-3-4-13-25-20-7-5-6-19(16-20)17-23-18-21(8-1-2-9-21)24-11-14-26-15-12-24/h5-7,16,23H,1-4,8-9,11-15,17-18H2. The van der Waals surface area contributed by atoms with Gasteiger partial charge in [-0.2, -0.15) is 17.0 Å². The largest absolute Gasteiger partial charge is 0.494 e. The molecule has 2 fully saturated rings. The van der Waals surface area contributed by atoms with Crippen LogP contribution in [0, 0.1) is 11.3 Å². The van der Waals surface area contributed by atoms with Crippen molar-refractivity contribution in [1.82, 2.24) is 10.2 Å². The highest BCUT2D eigenvalue weighted by Crippen LogP contribution is 2.36. The van der Waals surface area contributed by atoms with Gasteiger partial charge in [-0.1, -0.05) is 25.0 Å². The third kappa shape index (κ3) is 5.39. The van der Waals surface area contributed by atoms with E-state index in [0.29, 0.717) is 18.6 Å². The van der Waals surface area contributed by atoms with Crippen LogP contribution in [-0.2, 0) is 6.54 Å². The Hall–Kier alpha value is -1.22. The summed E-state index contributed by atoms with van der Waals surface area (Å²) in [6.07, 6.45) is 6.77. The number of nitrogens with one attached hydrogen (secondary N) is 1. The molecule has 26 heavy (non-hydrogen) atoms. The fourth-order valence-corrected chi connectivity index (χ4v) is 5.10. The molecule has 0 radical (unpaired) electrons. The summed E-state index contributed by atoms with van der Waals surface area (Å²) in [6.45, 7) is 5.09. The number of thioether (sulfide) groups is 1. The lowest BCUT2D eigenvalue weighted by Crippen LogP contribution is -2.55. The van der Waals surface area contributed by atoms with Crippen LogP contribution < -0.4 is 10.1 Å². The van der Waals surface area contributed by atoms with E-state index in [1.807, 2.05) is 6.07 Å². The molecule has 0 unspecified atom stereocenters. The van der Waals surface area contributed by atoms with Crippen molar-refractivity contribution in [3.8, 4) is 11.8 Å². The maximum absolute atomic E-state index is 8.59. The molecule has 1 aliphatic carbocycles. The lowest BCUT2D eigenvalue weighted by Gasteiger charge is -2.43. The predicted molar refractivity (Wildman–Crippen MR) is 109 cm³/mol. The van der Waals surface area contributed by atoms with Crippen LogP contribution in [0.15, 0.2) is 24.3 Å². The topological polar surface area (TPSA) is 48.3 Å². The Morgan fingerprint density at radius 3 is 2.81 bits per heavy atom. The maximum atomic E-state index is 8.59. The predicted octanol–water partition coefficient (Wildman–Crippen LogP) is 3.82. The number of ether oxygens (including phenoxy) is 1. The van der Waals surface area contributed by atoms with E-state index in [9.17, 15) is 0 Å². The van der Waals surface area contributed by atoms with Crippen LogP contribution in [0.1, 0.15) is 44.1 Å². The van der Waals surface area contributed by atoms with Crippen LogP contribution in [0.2, 0.25) is 0 Å². The summed E-state index contributed by atoms with van der Waals surface area (Å²) < 4.78 is 5.75. The van der Waals surface area contributed by atoms with E-state index < -0.39 is 0 Å². The zero-order valence-corrected chi connectivity index (χ0v) is 16.5. The van der Waals surface area contributed by atoms with Gasteiger partial charge in [-0.15, -0.1) is 0 Å². The Bertz CT molecular complexity index is 589. The maximum Gasteiger partial charge on any atom is 0.119 e. The Morgan fingerprint density at radius 2 is 2.04 bits per heavy atom. The van der Waals surface area contributed by atoms with Crippen molar-refractivity contribution in [2.45, 2.75) is 50.6 Å². The molecule has 0 atom stereocenters. The molecule has 1 saturated heterocycles. The van der Waals surface area contributed by atoms with E-state index in [1.54, 1.807) is 0 Å². The highest BCUT2D eigenvalue weighted by atomic mass is 32.2. The SMILES string of the molecule is N#CCCCOc1cccc(CNCC2(N3CCSCC3)CCCC2)c1. The number of unbranched alkanes of at least 4 members (excludes halogenated alkanes) is 1. The van der Waals surface area contributed by atoms with Crippen molar-refractivity contribution >= 4 is 11.8 Å². The Balaban J connectivity index is 1.49. The lowest BCUT2D eigenvalue weighted by molar-refractivity contribution is 0.102. The first kappa shape index (κ1) is 19.5. The van der Waals surface area contributed by atoms with Gasteiger partial charge in [0.2, 0.25) is 0 Å². The van der Waals surface area contributed by atoms with Gasteiger partial charge < -0.3 is 10.1 Å². The van der Waals surface area contributed by atoms with Crippen LogP contribution in [-0.4, -0.2) is 48.2 Å². The van der Waals surface area contributed by atoms with Gasteiger partial charge in [-0.25, -0.2) is 0 Å². The number of rotatable bonds is 9. The highest BCUT2D eigenvalue weighted by Gasteiger charge is 2.39. The van der Waals surface area contributed by atoms with Crippen LogP contribution in [0.4, 0.5) is 0 Å². The minimum atomic E-state index is 0.381. The second kappa shape index (κ2) is 10.2. The van der Waals surface area contributed by atoms with E-state index in [-0.39, 0.29) is 0 Å². The Kier molecular flexibility index (Phi) is 7.67. The second-order valence-corrected chi connectivity index (χ2v) is 8.62. The Labute approximate surface area is 162 Å². The number of hydrogen-bond acceptors (Lipinski definition) is 5. The monoisotopic (exact) mass is 373 g/mol. The van der Waals surface area contributed by atoms with Crippen LogP contribution in [0.3, 0.4) is 0 Å². The fourth-order valence-electron chi connectivity index (χ4n) is 4.20. The molecule has 1 heterocycles. The van der Waals surface area contributed by atoms with Crippen molar-refractivity contribution in [2.75, 3.05) is 37.7 Å². The summed E-state index contributed by atoms with van der Waals surface area (Å²) >= 11 is 2.09. The molecule has 3 rings (SSSR count). The van der Waals surface area contributed by atoms with Gasteiger partial charge >= 0.3 is 0 Å². The summed E-state index contributed by atoms with van der Waals surface area (Å²) in [6, 6.07) is 10.5.